The summed E-state index contributed by atoms with van der Waals surface area (Å²) in [6.07, 6.45) is 3.03. The molecule has 0 aromatic heterocycles. The topological polar surface area (TPSA) is 83.8 Å². The molecule has 2 N–H and O–H groups in total. The number of carboxylic acids is 2. The van der Waals surface area contributed by atoms with Gasteiger partial charge in [0.25, 0.3) is 0 Å². The molecule has 0 saturated heterocycles. The molecule has 1 aliphatic carbocycles. The molecule has 0 fully saturated rings. The van der Waals surface area contributed by atoms with Gasteiger partial charge in [-0.05, 0) is 24.1 Å². The molecule has 0 bridgehead atoms. The number of ether oxygens (including phenoxy) is 1. The first-order valence-electron chi connectivity index (χ1n) is 6.95. The van der Waals surface area contributed by atoms with E-state index in [1.807, 2.05) is 0 Å². The Labute approximate surface area is 142 Å². The third kappa shape index (κ3) is 2.91. The van der Waals surface area contributed by atoms with E-state index in [9.17, 15) is 19.8 Å². The fourth-order valence-corrected chi connectivity index (χ4v) is 3.43. The summed E-state index contributed by atoms with van der Waals surface area (Å²) in [6.45, 7) is 1.67. The van der Waals surface area contributed by atoms with Crippen molar-refractivity contribution in [1.82, 2.24) is 0 Å². The maximum atomic E-state index is 12.1. The quantitative estimate of drug-likeness (QED) is 0.765. The Morgan fingerprint density at radius 3 is 2.57 bits per heavy atom. The lowest BCUT2D eigenvalue weighted by Crippen LogP contribution is -2.38. The lowest BCUT2D eigenvalue weighted by Gasteiger charge is -2.32. The van der Waals surface area contributed by atoms with Gasteiger partial charge in [-0.1, -0.05) is 40.2 Å². The normalized spacial score (nSPS) is 20.5. The molecular weight excluding hydrogens is 364 g/mol. The zero-order valence-electron chi connectivity index (χ0n) is 12.8. The van der Waals surface area contributed by atoms with Crippen molar-refractivity contribution < 1.29 is 24.5 Å². The van der Waals surface area contributed by atoms with Crippen molar-refractivity contribution in [2.45, 2.75) is 24.1 Å². The summed E-state index contributed by atoms with van der Waals surface area (Å²) in [5, 5.41) is 19.7. The van der Waals surface area contributed by atoms with E-state index in [1.165, 1.54) is 7.11 Å². The molecule has 122 valence electrons. The van der Waals surface area contributed by atoms with Gasteiger partial charge in [-0.15, -0.1) is 0 Å². The molecule has 6 heteroatoms. The smallest absolute Gasteiger partial charge is 0.331 e. The summed E-state index contributed by atoms with van der Waals surface area (Å²) in [6, 6.07) is 5.17. The Kier molecular flexibility index (Phi) is 4.94. The van der Waals surface area contributed by atoms with Gasteiger partial charge in [0, 0.05) is 22.9 Å². The number of benzene rings is 1. The predicted molar refractivity (Wildman–Crippen MR) is 89.0 cm³/mol. The van der Waals surface area contributed by atoms with Crippen LogP contribution in [0, 0.1) is 0 Å². The molecule has 1 aromatic carbocycles. The lowest BCUT2D eigenvalue weighted by molar-refractivity contribution is -0.142. The minimum Gasteiger partial charge on any atom is -0.496 e. The molecule has 5 nitrogen and oxygen atoms in total. The predicted octanol–water partition coefficient (Wildman–Crippen LogP) is 3.27. The summed E-state index contributed by atoms with van der Waals surface area (Å²) in [4.78, 5) is 23.6. The summed E-state index contributed by atoms with van der Waals surface area (Å²) in [5.41, 5.74) is 0.483. The molecule has 1 aromatic rings. The van der Waals surface area contributed by atoms with Crippen molar-refractivity contribution in [3.8, 4) is 5.75 Å². The van der Waals surface area contributed by atoms with E-state index in [-0.39, 0.29) is 12.0 Å². The molecule has 0 heterocycles. The number of hydrogen-bond donors (Lipinski definition) is 2. The van der Waals surface area contributed by atoms with E-state index in [1.54, 1.807) is 37.3 Å². The highest BCUT2D eigenvalue weighted by atomic mass is 79.9. The number of alkyl halides is 1. The highest BCUT2D eigenvalue weighted by molar-refractivity contribution is 9.08. The number of methoxy groups -OCH3 is 1. The van der Waals surface area contributed by atoms with Crippen LogP contribution in [0.2, 0.25) is 0 Å². The van der Waals surface area contributed by atoms with Crippen LogP contribution in [0.25, 0.3) is 0 Å². The minimum atomic E-state index is -1.43. The van der Waals surface area contributed by atoms with Gasteiger partial charge in [0.2, 0.25) is 0 Å². The third-order valence-electron chi connectivity index (χ3n) is 4.16. The molecule has 2 rings (SSSR count). The standard InChI is InChI=1S/C17H17BrO5/c1-10-6-7-17(16(21)22,8-11(10)15(19)20)13-4-3-5-14(23-2)12(13)9-18/h3-7H,8-9H2,1-2H3,(H,19,20)(H,21,22). The van der Waals surface area contributed by atoms with E-state index >= 15 is 0 Å². The summed E-state index contributed by atoms with van der Waals surface area (Å²) >= 11 is 3.37. The number of hydrogen-bond acceptors (Lipinski definition) is 3. The number of rotatable bonds is 5. The monoisotopic (exact) mass is 380 g/mol. The molecule has 0 spiro atoms. The molecule has 0 aliphatic heterocycles. The number of aliphatic carboxylic acids is 2. The molecular formula is C17H17BrO5. The lowest BCUT2D eigenvalue weighted by atomic mass is 9.70. The zero-order chi connectivity index (χ0) is 17.2. The van der Waals surface area contributed by atoms with Crippen LogP contribution in [0.4, 0.5) is 0 Å². The van der Waals surface area contributed by atoms with E-state index in [4.69, 9.17) is 4.74 Å². The van der Waals surface area contributed by atoms with Crippen LogP contribution in [-0.2, 0) is 20.3 Å². The number of allylic oxidation sites excluding steroid dienone is 2. The Bertz CT molecular complexity index is 720. The van der Waals surface area contributed by atoms with Gasteiger partial charge in [0.05, 0.1) is 7.11 Å². The second kappa shape index (κ2) is 6.58. The number of carbonyl (C=O) groups is 2. The highest BCUT2D eigenvalue weighted by Crippen LogP contribution is 2.42. The van der Waals surface area contributed by atoms with Crippen molar-refractivity contribution in [3.63, 3.8) is 0 Å². The maximum Gasteiger partial charge on any atom is 0.331 e. The summed E-state index contributed by atoms with van der Waals surface area (Å²) in [7, 11) is 1.52. The van der Waals surface area contributed by atoms with Crippen LogP contribution in [0.15, 0.2) is 41.5 Å². The third-order valence-corrected chi connectivity index (χ3v) is 4.72. The summed E-state index contributed by atoms with van der Waals surface area (Å²) < 4.78 is 5.31. The Morgan fingerprint density at radius 1 is 1.35 bits per heavy atom. The van der Waals surface area contributed by atoms with Crippen molar-refractivity contribution in [2.75, 3.05) is 7.11 Å². The van der Waals surface area contributed by atoms with E-state index in [0.717, 1.165) is 0 Å². The van der Waals surface area contributed by atoms with Gasteiger partial charge in [0.1, 0.15) is 11.2 Å². The molecule has 23 heavy (non-hydrogen) atoms. The Hall–Kier alpha value is -2.08. The molecule has 0 saturated carbocycles. The van der Waals surface area contributed by atoms with Crippen LogP contribution < -0.4 is 4.74 Å². The van der Waals surface area contributed by atoms with Crippen LogP contribution in [0.5, 0.6) is 5.75 Å². The average molecular weight is 381 g/mol. The van der Waals surface area contributed by atoms with Crippen LogP contribution in [0.1, 0.15) is 24.5 Å². The Balaban J connectivity index is 2.69. The SMILES string of the molecule is COc1cccc(C2(C(=O)O)C=CC(C)=C(C(=O)O)C2)c1CBr. The van der Waals surface area contributed by atoms with Gasteiger partial charge >= 0.3 is 11.9 Å². The van der Waals surface area contributed by atoms with Crippen molar-refractivity contribution >= 4 is 27.9 Å². The fraction of sp³-hybridized carbons (Fsp3) is 0.294. The van der Waals surface area contributed by atoms with Crippen molar-refractivity contribution in [1.29, 1.82) is 0 Å². The van der Waals surface area contributed by atoms with Gasteiger partial charge in [-0.3, -0.25) is 4.79 Å². The van der Waals surface area contributed by atoms with Crippen LogP contribution in [-0.4, -0.2) is 29.3 Å². The second-order valence-corrected chi connectivity index (χ2v) is 5.93. The molecule has 1 aliphatic rings. The number of halogens is 1. The van der Waals surface area contributed by atoms with Gasteiger partial charge in [-0.25, -0.2) is 4.79 Å². The van der Waals surface area contributed by atoms with E-state index in [0.29, 0.717) is 27.8 Å². The fourth-order valence-electron chi connectivity index (χ4n) is 2.85. The largest absolute Gasteiger partial charge is 0.496 e. The first-order valence-corrected chi connectivity index (χ1v) is 8.07. The van der Waals surface area contributed by atoms with Gasteiger partial charge in [-0.2, -0.15) is 0 Å². The summed E-state index contributed by atoms with van der Waals surface area (Å²) in [5.74, 6) is -1.62. The van der Waals surface area contributed by atoms with Gasteiger partial charge in [0.15, 0.2) is 0 Å². The molecule has 1 atom stereocenters. The van der Waals surface area contributed by atoms with E-state index < -0.39 is 17.4 Å². The molecule has 0 radical (unpaired) electrons. The Morgan fingerprint density at radius 2 is 2.04 bits per heavy atom. The molecule has 1 unspecified atom stereocenters. The van der Waals surface area contributed by atoms with E-state index in [2.05, 4.69) is 15.9 Å². The van der Waals surface area contributed by atoms with Gasteiger partial charge < -0.3 is 14.9 Å². The first kappa shape index (κ1) is 17.3. The van der Waals surface area contributed by atoms with Crippen molar-refractivity contribution in [3.05, 3.63) is 52.6 Å². The number of carboxylic acid groups (broad SMARTS) is 2. The highest BCUT2D eigenvalue weighted by Gasteiger charge is 2.43. The first-order chi connectivity index (χ1) is 10.9. The minimum absolute atomic E-state index is 0.104. The maximum absolute atomic E-state index is 12.1. The average Bonchev–Trinajstić information content (AvgIpc) is 2.54. The molecule has 0 amide bonds. The van der Waals surface area contributed by atoms with Crippen molar-refractivity contribution in [2.24, 2.45) is 0 Å². The van der Waals surface area contributed by atoms with Crippen LogP contribution in [0.3, 0.4) is 0 Å². The van der Waals surface area contributed by atoms with Crippen LogP contribution >= 0.6 is 15.9 Å². The second-order valence-electron chi connectivity index (χ2n) is 5.37. The zero-order valence-corrected chi connectivity index (χ0v) is 14.4.